The van der Waals surface area contributed by atoms with Crippen molar-refractivity contribution in [1.29, 1.82) is 0 Å². The Morgan fingerprint density at radius 3 is 2.58 bits per heavy atom. The van der Waals surface area contributed by atoms with Gasteiger partial charge < -0.3 is 25.4 Å². The lowest BCUT2D eigenvalue weighted by molar-refractivity contribution is -0.0823. The molecule has 7 rings (SSSR count). The second-order valence-corrected chi connectivity index (χ2v) is 11.4. The summed E-state index contributed by atoms with van der Waals surface area (Å²) in [5.74, 6) is 7.34. The van der Waals surface area contributed by atoms with Crippen molar-refractivity contribution in [3.8, 4) is 28.8 Å². The predicted octanol–water partition coefficient (Wildman–Crippen LogP) is 3.29. The summed E-state index contributed by atoms with van der Waals surface area (Å²) >= 11 is 0. The topological polar surface area (TPSA) is 104 Å². The third-order valence-corrected chi connectivity index (χ3v) is 9.27. The van der Waals surface area contributed by atoms with E-state index in [0.29, 0.717) is 34.7 Å². The molecule has 2 aromatic heterocycles. The van der Waals surface area contributed by atoms with Crippen LogP contribution in [0, 0.1) is 11.8 Å². The lowest BCUT2D eigenvalue weighted by Crippen LogP contribution is -2.62. The highest BCUT2D eigenvalue weighted by molar-refractivity contribution is 5.74. The number of nitrogens with zero attached hydrogens (tertiary/aromatic N) is 6. The molecule has 4 aliphatic rings. The molecular formula is C31H35N7O2. The van der Waals surface area contributed by atoms with Crippen LogP contribution in [0.3, 0.4) is 0 Å². The molecule has 6 heterocycles. The molecule has 9 nitrogen and oxygen atoms in total. The maximum absolute atomic E-state index is 10.3. The van der Waals surface area contributed by atoms with Crippen LogP contribution in [0.5, 0.6) is 5.75 Å². The number of nitrogen functional groups attached to an aromatic ring is 1. The number of para-hydroxylation sites is 1. The summed E-state index contributed by atoms with van der Waals surface area (Å²) in [4.78, 5) is 12.0. The highest BCUT2D eigenvalue weighted by Gasteiger charge is 2.45. The van der Waals surface area contributed by atoms with E-state index < -0.39 is 0 Å². The zero-order valence-electron chi connectivity index (χ0n) is 22.7. The quantitative estimate of drug-likeness (QED) is 0.485. The van der Waals surface area contributed by atoms with Gasteiger partial charge in [-0.1, -0.05) is 18.1 Å². The Labute approximate surface area is 235 Å². The lowest BCUT2D eigenvalue weighted by Gasteiger charge is -2.54. The van der Waals surface area contributed by atoms with Crippen molar-refractivity contribution in [3.05, 3.63) is 54.4 Å². The van der Waals surface area contributed by atoms with Gasteiger partial charge in [0.25, 0.3) is 0 Å². The number of piperazine rings is 1. The standard InChI is InChI=1S/C31H35N7O2/c32-30-28(19-27(34-35-30)26-5-1-2-6-29(26)39)36-20-24-7-8-25(21-36)38(24)23-9-13-33-22(18-23)4-3-14-37-15-10-31(37)11-16-40-17-12-31/h1-2,5-6,9,13,18-19,24-25,39H,7-8,10-12,14-17,20-21H2,(H2,32,35). The number of phenolic OH excluding ortho intramolecular Hbond substituents is 1. The van der Waals surface area contributed by atoms with Crippen molar-refractivity contribution < 1.29 is 9.84 Å². The number of ether oxygens (including phenoxy) is 1. The Kier molecular flexibility index (Phi) is 6.45. The number of hydrogen-bond donors (Lipinski definition) is 2. The predicted molar refractivity (Wildman–Crippen MR) is 155 cm³/mol. The van der Waals surface area contributed by atoms with Gasteiger partial charge in [0.05, 0.1) is 17.9 Å². The van der Waals surface area contributed by atoms with E-state index >= 15 is 0 Å². The first-order valence-corrected chi connectivity index (χ1v) is 14.3. The molecule has 1 spiro atoms. The zero-order valence-corrected chi connectivity index (χ0v) is 22.7. The molecule has 1 aromatic carbocycles. The molecule has 0 aliphatic carbocycles. The van der Waals surface area contributed by atoms with Crippen LogP contribution in [0.15, 0.2) is 48.7 Å². The van der Waals surface area contributed by atoms with Crippen LogP contribution < -0.4 is 15.5 Å². The van der Waals surface area contributed by atoms with Crippen molar-refractivity contribution in [2.75, 3.05) is 54.9 Å². The van der Waals surface area contributed by atoms with E-state index in [-0.39, 0.29) is 5.75 Å². The molecule has 3 N–H and O–H groups in total. The summed E-state index contributed by atoms with van der Waals surface area (Å²) < 4.78 is 5.58. The lowest BCUT2D eigenvalue weighted by atomic mass is 9.78. The van der Waals surface area contributed by atoms with Gasteiger partial charge in [0, 0.05) is 67.9 Å². The molecule has 0 amide bonds. The molecule has 2 bridgehead atoms. The minimum Gasteiger partial charge on any atom is -0.507 e. The van der Waals surface area contributed by atoms with E-state index in [4.69, 9.17) is 10.5 Å². The van der Waals surface area contributed by atoms with Crippen molar-refractivity contribution in [3.63, 3.8) is 0 Å². The van der Waals surface area contributed by atoms with Crippen molar-refractivity contribution >= 4 is 17.2 Å². The Hall–Kier alpha value is -3.87. The van der Waals surface area contributed by atoms with E-state index in [2.05, 4.69) is 53.9 Å². The van der Waals surface area contributed by atoms with Crippen molar-refractivity contribution in [2.45, 2.75) is 49.7 Å². The third-order valence-electron chi connectivity index (χ3n) is 9.27. The molecule has 40 heavy (non-hydrogen) atoms. The van der Waals surface area contributed by atoms with Gasteiger partial charge in [-0.05, 0) is 68.4 Å². The fourth-order valence-electron chi connectivity index (χ4n) is 7.01. The van der Waals surface area contributed by atoms with Gasteiger partial charge >= 0.3 is 0 Å². The van der Waals surface area contributed by atoms with E-state index in [1.54, 1.807) is 12.1 Å². The van der Waals surface area contributed by atoms with E-state index in [0.717, 1.165) is 76.5 Å². The molecule has 9 heteroatoms. The van der Waals surface area contributed by atoms with Gasteiger partial charge in [0.1, 0.15) is 11.4 Å². The van der Waals surface area contributed by atoms with Crippen LogP contribution in [0.2, 0.25) is 0 Å². The number of hydrogen-bond acceptors (Lipinski definition) is 9. The second-order valence-electron chi connectivity index (χ2n) is 11.4. The molecule has 4 saturated heterocycles. The molecule has 0 saturated carbocycles. The number of likely N-dealkylation sites (tertiary alicyclic amines) is 1. The number of aromatic nitrogens is 3. The first-order chi connectivity index (χ1) is 19.6. The number of benzene rings is 1. The molecule has 206 valence electrons. The number of aromatic hydroxyl groups is 1. The third kappa shape index (κ3) is 4.51. The summed E-state index contributed by atoms with van der Waals surface area (Å²) in [7, 11) is 0. The number of phenols is 1. The average Bonchev–Trinajstić information content (AvgIpc) is 3.25. The van der Waals surface area contributed by atoms with Gasteiger partial charge in [-0.15, -0.1) is 10.2 Å². The molecule has 4 fully saturated rings. The summed E-state index contributed by atoms with van der Waals surface area (Å²) in [6.07, 6.45) is 7.63. The van der Waals surface area contributed by atoms with Crippen LogP contribution in [-0.4, -0.2) is 82.2 Å². The molecule has 4 aliphatic heterocycles. The molecule has 3 aromatic rings. The normalized spacial score (nSPS) is 23.5. The number of fused-ring (bicyclic) bond motifs is 2. The van der Waals surface area contributed by atoms with Crippen molar-refractivity contribution in [1.82, 2.24) is 20.1 Å². The Bertz CT molecular complexity index is 1450. The Balaban J connectivity index is 1.06. The maximum atomic E-state index is 10.3. The summed E-state index contributed by atoms with van der Waals surface area (Å²) in [5.41, 5.74) is 10.8. The maximum Gasteiger partial charge on any atom is 0.169 e. The second kappa shape index (κ2) is 10.3. The SMILES string of the molecule is Nc1nnc(-c2ccccc2O)cc1N1CC2CCC(C1)N2c1ccnc(C#CCN2CCC23CCOCC3)c1. The van der Waals surface area contributed by atoms with Gasteiger partial charge in [0.2, 0.25) is 0 Å². The van der Waals surface area contributed by atoms with Gasteiger partial charge in [-0.3, -0.25) is 4.90 Å². The van der Waals surface area contributed by atoms with Crippen LogP contribution in [0.25, 0.3) is 11.3 Å². The van der Waals surface area contributed by atoms with Crippen LogP contribution in [0.4, 0.5) is 17.2 Å². The van der Waals surface area contributed by atoms with Gasteiger partial charge in [-0.25, -0.2) is 4.98 Å². The number of pyridine rings is 1. The fraction of sp³-hybridized carbons (Fsp3) is 0.452. The van der Waals surface area contributed by atoms with Gasteiger partial charge in [-0.2, -0.15) is 0 Å². The first kappa shape index (κ1) is 25.1. The minimum atomic E-state index is 0.182. The zero-order chi connectivity index (χ0) is 27.1. The largest absolute Gasteiger partial charge is 0.507 e. The summed E-state index contributed by atoms with van der Waals surface area (Å²) in [5, 5.41) is 18.8. The van der Waals surface area contributed by atoms with Crippen LogP contribution in [0.1, 0.15) is 37.8 Å². The van der Waals surface area contributed by atoms with E-state index in [1.807, 2.05) is 24.4 Å². The fourth-order valence-corrected chi connectivity index (χ4v) is 7.01. The number of anilines is 3. The van der Waals surface area contributed by atoms with Crippen LogP contribution in [-0.2, 0) is 4.74 Å². The Morgan fingerprint density at radius 2 is 1.82 bits per heavy atom. The van der Waals surface area contributed by atoms with Crippen LogP contribution >= 0.6 is 0 Å². The first-order valence-electron chi connectivity index (χ1n) is 14.3. The molecule has 0 radical (unpaired) electrons. The molecular weight excluding hydrogens is 502 g/mol. The molecule has 2 atom stereocenters. The van der Waals surface area contributed by atoms with E-state index in [9.17, 15) is 5.11 Å². The Morgan fingerprint density at radius 1 is 1.02 bits per heavy atom. The molecule has 2 unspecified atom stereocenters. The summed E-state index contributed by atoms with van der Waals surface area (Å²) in [6.45, 7) is 5.34. The summed E-state index contributed by atoms with van der Waals surface area (Å²) in [6, 6.07) is 14.1. The highest BCUT2D eigenvalue weighted by Crippen LogP contribution is 2.40. The van der Waals surface area contributed by atoms with Gasteiger partial charge in [0.15, 0.2) is 5.82 Å². The number of rotatable bonds is 4. The minimum absolute atomic E-state index is 0.182. The smallest absolute Gasteiger partial charge is 0.169 e. The average molecular weight is 538 g/mol. The monoisotopic (exact) mass is 537 g/mol. The highest BCUT2D eigenvalue weighted by atomic mass is 16.5. The van der Waals surface area contributed by atoms with E-state index in [1.165, 1.54) is 12.1 Å². The van der Waals surface area contributed by atoms with Crippen molar-refractivity contribution in [2.24, 2.45) is 0 Å². The number of nitrogens with two attached hydrogens (primary N) is 1.